The first-order valence-electron chi connectivity index (χ1n) is 10.3. The van der Waals surface area contributed by atoms with Crippen molar-refractivity contribution in [2.45, 2.75) is 12.3 Å². The number of nitrogens with zero attached hydrogens (tertiary/aromatic N) is 4. The first kappa shape index (κ1) is 22.9. The minimum atomic E-state index is -0.615. The lowest BCUT2D eigenvalue weighted by atomic mass is 10.2. The molecule has 3 heterocycles. The van der Waals surface area contributed by atoms with E-state index in [9.17, 15) is 14.0 Å². The number of methoxy groups -OCH3 is 1. The average Bonchev–Trinajstić information content (AvgIpc) is 3.48. The largest absolute Gasteiger partial charge is 0.474 e. The quantitative estimate of drug-likeness (QED) is 0.638. The number of thioether (sulfide) groups is 1. The van der Waals surface area contributed by atoms with Crippen molar-refractivity contribution < 1.29 is 23.5 Å². The van der Waals surface area contributed by atoms with Crippen molar-refractivity contribution in [1.82, 2.24) is 15.1 Å². The highest BCUT2D eigenvalue weighted by Gasteiger charge is 2.37. The molecule has 0 spiro atoms. The van der Waals surface area contributed by atoms with Gasteiger partial charge in [-0.3, -0.25) is 19.9 Å². The summed E-state index contributed by atoms with van der Waals surface area (Å²) in [5, 5.41) is 3.40. The highest BCUT2D eigenvalue weighted by Crippen LogP contribution is 2.29. The molecule has 12 heteroatoms. The van der Waals surface area contributed by atoms with Crippen LogP contribution in [-0.4, -0.2) is 97.8 Å². The molecule has 1 aromatic rings. The SMILES string of the molecule is COC(=S)N(C)C1CN(c2ccc(N3CCN(C(=O)[C@@H]4CSCN4)CC3)c(F)c2)C(=O)O1. The average molecular weight is 484 g/mol. The molecular formula is C20H26FN5O4S2. The van der Waals surface area contributed by atoms with Gasteiger partial charge in [-0.2, -0.15) is 0 Å². The van der Waals surface area contributed by atoms with Gasteiger partial charge in [-0.15, -0.1) is 11.8 Å². The summed E-state index contributed by atoms with van der Waals surface area (Å²) in [6.45, 7) is 2.40. The molecule has 4 rings (SSSR count). The van der Waals surface area contributed by atoms with Crippen molar-refractivity contribution >= 4 is 52.5 Å². The highest BCUT2D eigenvalue weighted by molar-refractivity contribution is 7.99. The van der Waals surface area contributed by atoms with Crippen LogP contribution >= 0.6 is 24.0 Å². The maximum absolute atomic E-state index is 15.0. The first-order valence-corrected chi connectivity index (χ1v) is 11.9. The molecule has 9 nitrogen and oxygen atoms in total. The van der Waals surface area contributed by atoms with E-state index >= 15 is 0 Å². The summed E-state index contributed by atoms with van der Waals surface area (Å²) in [6.07, 6.45) is -1.19. The molecule has 32 heavy (non-hydrogen) atoms. The molecule has 2 amide bonds. The van der Waals surface area contributed by atoms with Gasteiger partial charge < -0.3 is 19.3 Å². The van der Waals surface area contributed by atoms with E-state index in [4.69, 9.17) is 21.7 Å². The number of anilines is 2. The fourth-order valence-electron chi connectivity index (χ4n) is 3.98. The Kier molecular flexibility index (Phi) is 6.91. The lowest BCUT2D eigenvalue weighted by molar-refractivity contribution is -0.132. The lowest BCUT2D eigenvalue weighted by Gasteiger charge is -2.37. The van der Waals surface area contributed by atoms with Crippen LogP contribution < -0.4 is 15.1 Å². The second kappa shape index (κ2) is 9.67. The highest BCUT2D eigenvalue weighted by atomic mass is 32.2. The van der Waals surface area contributed by atoms with Crippen LogP contribution in [0.25, 0.3) is 0 Å². The van der Waals surface area contributed by atoms with E-state index < -0.39 is 18.1 Å². The van der Waals surface area contributed by atoms with Crippen molar-refractivity contribution in [2.75, 3.05) is 68.3 Å². The van der Waals surface area contributed by atoms with Crippen LogP contribution in [0.1, 0.15) is 0 Å². The van der Waals surface area contributed by atoms with Gasteiger partial charge in [0, 0.05) is 44.9 Å². The molecule has 0 aromatic heterocycles. The van der Waals surface area contributed by atoms with Crippen molar-refractivity contribution in [1.29, 1.82) is 0 Å². The third-order valence-electron chi connectivity index (χ3n) is 5.88. The summed E-state index contributed by atoms with van der Waals surface area (Å²) in [4.78, 5) is 31.6. The minimum Gasteiger partial charge on any atom is -0.474 e. The molecule has 0 saturated carbocycles. The van der Waals surface area contributed by atoms with E-state index in [1.54, 1.807) is 35.8 Å². The molecule has 3 aliphatic rings. The number of benzene rings is 1. The summed E-state index contributed by atoms with van der Waals surface area (Å²) in [6, 6.07) is 4.59. The Morgan fingerprint density at radius 1 is 1.34 bits per heavy atom. The van der Waals surface area contributed by atoms with E-state index in [-0.39, 0.29) is 23.7 Å². The van der Waals surface area contributed by atoms with Crippen LogP contribution in [0.5, 0.6) is 0 Å². The molecule has 1 unspecified atom stereocenters. The number of hydrogen-bond acceptors (Lipinski definition) is 8. The molecular weight excluding hydrogens is 457 g/mol. The van der Waals surface area contributed by atoms with Crippen molar-refractivity contribution in [3.05, 3.63) is 24.0 Å². The number of nitrogens with one attached hydrogen (secondary N) is 1. The van der Waals surface area contributed by atoms with E-state index in [1.165, 1.54) is 18.1 Å². The number of piperazine rings is 1. The van der Waals surface area contributed by atoms with Gasteiger partial charge in [-0.25, -0.2) is 9.18 Å². The summed E-state index contributed by atoms with van der Waals surface area (Å²) in [5.41, 5.74) is 0.867. The normalized spacial score (nSPS) is 23.3. The molecule has 0 radical (unpaired) electrons. The van der Waals surface area contributed by atoms with Gasteiger partial charge in [-0.1, -0.05) is 0 Å². The van der Waals surface area contributed by atoms with Crippen LogP contribution in [0.15, 0.2) is 18.2 Å². The van der Waals surface area contributed by atoms with Crippen LogP contribution in [-0.2, 0) is 14.3 Å². The topological polar surface area (TPSA) is 77.6 Å². The Morgan fingerprint density at radius 2 is 2.09 bits per heavy atom. The number of carbonyl (C=O) groups is 2. The van der Waals surface area contributed by atoms with E-state index in [0.29, 0.717) is 37.6 Å². The number of cyclic esters (lactones) is 1. The zero-order valence-electron chi connectivity index (χ0n) is 18.0. The second-order valence-electron chi connectivity index (χ2n) is 7.75. The summed E-state index contributed by atoms with van der Waals surface area (Å²) >= 11 is 6.79. The van der Waals surface area contributed by atoms with Crippen LogP contribution in [0, 0.1) is 5.82 Å². The summed E-state index contributed by atoms with van der Waals surface area (Å²) < 4.78 is 25.3. The zero-order chi connectivity index (χ0) is 22.8. The molecule has 174 valence electrons. The van der Waals surface area contributed by atoms with Crippen molar-refractivity contribution in [2.24, 2.45) is 0 Å². The molecule has 3 saturated heterocycles. The first-order chi connectivity index (χ1) is 15.4. The standard InChI is InChI=1S/C20H26FN5O4S2/c1-23(20(31)29-2)17-10-26(19(28)30-17)13-3-4-16(14(21)9-13)24-5-7-25(8-6-24)18(27)15-11-32-12-22-15/h3-4,9,15,17,22H,5-8,10-12H2,1-2H3/t15-,17?/m0/s1. The number of carbonyl (C=O) groups excluding carboxylic acids is 2. The second-order valence-corrected chi connectivity index (χ2v) is 9.13. The van der Waals surface area contributed by atoms with Crippen LogP contribution in [0.2, 0.25) is 0 Å². The maximum atomic E-state index is 15.0. The molecule has 2 atom stereocenters. The molecule has 1 N–H and O–H groups in total. The number of ether oxygens (including phenoxy) is 2. The third-order valence-corrected chi connectivity index (χ3v) is 7.27. The number of amides is 2. The smallest absolute Gasteiger partial charge is 0.416 e. The Labute approximate surface area is 195 Å². The minimum absolute atomic E-state index is 0.116. The predicted octanol–water partition coefficient (Wildman–Crippen LogP) is 1.28. The molecule has 3 aliphatic heterocycles. The van der Waals surface area contributed by atoms with E-state index in [2.05, 4.69) is 5.32 Å². The van der Waals surface area contributed by atoms with Crippen LogP contribution in [0.4, 0.5) is 20.6 Å². The van der Waals surface area contributed by atoms with Gasteiger partial charge in [0.15, 0.2) is 6.23 Å². The number of thiocarbonyl (C=S) groups is 1. The predicted molar refractivity (Wildman–Crippen MR) is 124 cm³/mol. The molecule has 1 aromatic carbocycles. The zero-order valence-corrected chi connectivity index (χ0v) is 19.6. The van der Waals surface area contributed by atoms with Gasteiger partial charge in [0.2, 0.25) is 5.91 Å². The molecule has 0 bridgehead atoms. The molecule has 3 fully saturated rings. The Morgan fingerprint density at radius 3 is 2.72 bits per heavy atom. The van der Waals surface area contributed by atoms with Gasteiger partial charge in [0.25, 0.3) is 5.17 Å². The van der Waals surface area contributed by atoms with Crippen molar-refractivity contribution in [3.8, 4) is 0 Å². The third kappa shape index (κ3) is 4.57. The van der Waals surface area contributed by atoms with Crippen molar-refractivity contribution in [3.63, 3.8) is 0 Å². The fourth-order valence-corrected chi connectivity index (χ4v) is 5.03. The Bertz CT molecular complexity index is 893. The summed E-state index contributed by atoms with van der Waals surface area (Å²) in [5.74, 6) is 1.29. The number of rotatable bonds is 4. The van der Waals surface area contributed by atoms with Gasteiger partial charge in [0.05, 0.1) is 31.1 Å². The number of likely N-dealkylation sites (N-methyl/N-ethyl adjacent to an activating group) is 1. The van der Waals surface area contributed by atoms with E-state index in [1.807, 2.05) is 9.80 Å². The molecule has 0 aliphatic carbocycles. The van der Waals surface area contributed by atoms with Crippen LogP contribution in [0.3, 0.4) is 0 Å². The Balaban J connectivity index is 1.38. The van der Waals surface area contributed by atoms with E-state index in [0.717, 1.165) is 11.6 Å². The fraction of sp³-hybridized carbons (Fsp3) is 0.550. The van der Waals surface area contributed by atoms with Gasteiger partial charge >= 0.3 is 6.09 Å². The maximum Gasteiger partial charge on any atom is 0.416 e. The lowest BCUT2D eigenvalue weighted by Crippen LogP contribution is -2.53. The van der Waals surface area contributed by atoms with Gasteiger partial charge in [0.1, 0.15) is 5.82 Å². The number of halogens is 1. The Hall–Kier alpha value is -2.31. The number of hydrogen-bond donors (Lipinski definition) is 1. The monoisotopic (exact) mass is 483 g/mol. The van der Waals surface area contributed by atoms with Gasteiger partial charge in [-0.05, 0) is 30.4 Å². The summed E-state index contributed by atoms with van der Waals surface area (Å²) in [7, 11) is 3.12.